The maximum atomic E-state index is 13.4. The first-order chi connectivity index (χ1) is 12.0. The highest BCUT2D eigenvalue weighted by atomic mass is 79.9. The van der Waals surface area contributed by atoms with Gasteiger partial charge in [0.1, 0.15) is 11.9 Å². The Morgan fingerprint density at radius 2 is 2.32 bits per heavy atom. The number of hydrogen-bond acceptors (Lipinski definition) is 4. The van der Waals surface area contributed by atoms with Crippen molar-refractivity contribution in [1.29, 1.82) is 0 Å². The lowest BCUT2D eigenvalue weighted by molar-refractivity contribution is -0.124. The minimum absolute atomic E-state index is 0.209. The van der Waals surface area contributed by atoms with Crippen LogP contribution in [0.1, 0.15) is 18.5 Å². The molecule has 2 N–H and O–H groups in total. The molecular weight excluding hydrogens is 427 g/mol. The molecule has 0 aliphatic heterocycles. The van der Waals surface area contributed by atoms with Crippen molar-refractivity contribution in [3.05, 3.63) is 56.3 Å². The highest BCUT2D eigenvalue weighted by molar-refractivity contribution is 9.10. The predicted octanol–water partition coefficient (Wildman–Crippen LogP) is 4.45. The molecule has 9 heteroatoms. The van der Waals surface area contributed by atoms with E-state index in [-0.39, 0.29) is 18.3 Å². The summed E-state index contributed by atoms with van der Waals surface area (Å²) in [7, 11) is 0. The van der Waals surface area contributed by atoms with Crippen LogP contribution in [0, 0.1) is 10.6 Å². The Morgan fingerprint density at radius 3 is 3.04 bits per heavy atom. The van der Waals surface area contributed by atoms with Gasteiger partial charge in [0.05, 0.1) is 4.88 Å². The zero-order valence-corrected chi connectivity index (χ0v) is 16.3. The number of carbonyl (C=O) groups is 1. The van der Waals surface area contributed by atoms with Gasteiger partial charge in [-0.15, -0.1) is 11.3 Å². The fourth-order valence-corrected chi connectivity index (χ4v) is 3.76. The molecule has 130 valence electrons. The van der Waals surface area contributed by atoms with Crippen molar-refractivity contribution in [3.63, 3.8) is 0 Å². The van der Waals surface area contributed by atoms with E-state index in [1.54, 1.807) is 17.6 Å². The number of aromatic amines is 1. The molecule has 0 radical (unpaired) electrons. The van der Waals surface area contributed by atoms with Crippen LogP contribution in [0.15, 0.2) is 40.2 Å². The summed E-state index contributed by atoms with van der Waals surface area (Å²) < 4.78 is 16.1. The average Bonchev–Trinajstić information content (AvgIpc) is 3.24. The van der Waals surface area contributed by atoms with E-state index in [1.807, 2.05) is 17.5 Å². The van der Waals surface area contributed by atoms with Crippen LogP contribution >= 0.6 is 39.5 Å². The minimum atomic E-state index is -0.560. The number of amides is 1. The quantitative estimate of drug-likeness (QED) is 0.576. The van der Waals surface area contributed by atoms with Crippen LogP contribution in [0.4, 0.5) is 4.39 Å². The third-order valence-electron chi connectivity index (χ3n) is 3.67. The zero-order valence-electron chi connectivity index (χ0n) is 13.1. The van der Waals surface area contributed by atoms with E-state index >= 15 is 0 Å². The van der Waals surface area contributed by atoms with Gasteiger partial charge in [-0.25, -0.2) is 4.39 Å². The largest absolute Gasteiger partial charge is 0.350 e. The van der Waals surface area contributed by atoms with Crippen molar-refractivity contribution in [3.8, 4) is 10.7 Å². The summed E-state index contributed by atoms with van der Waals surface area (Å²) >= 11 is 10.1. The lowest BCUT2D eigenvalue weighted by atomic mass is 10.2. The van der Waals surface area contributed by atoms with Crippen LogP contribution < -0.4 is 5.32 Å². The second-order valence-corrected chi connectivity index (χ2v) is 7.52. The van der Waals surface area contributed by atoms with E-state index in [4.69, 9.17) is 12.2 Å². The monoisotopic (exact) mass is 440 g/mol. The molecule has 2 aromatic heterocycles. The fraction of sp³-hybridized carbons (Fsp3) is 0.188. The molecule has 1 amide bonds. The highest BCUT2D eigenvalue weighted by Crippen LogP contribution is 2.25. The smallest absolute Gasteiger partial charge is 0.243 e. The molecule has 0 saturated heterocycles. The van der Waals surface area contributed by atoms with Gasteiger partial charge >= 0.3 is 0 Å². The van der Waals surface area contributed by atoms with Crippen molar-refractivity contribution in [2.24, 2.45) is 0 Å². The van der Waals surface area contributed by atoms with Crippen LogP contribution in [0.5, 0.6) is 0 Å². The molecule has 0 spiro atoms. The number of hydrogen-bond donors (Lipinski definition) is 2. The number of carbonyl (C=O) groups excluding carboxylic acids is 1. The summed E-state index contributed by atoms with van der Waals surface area (Å²) in [5.74, 6) is 0.0404. The van der Waals surface area contributed by atoms with E-state index in [0.29, 0.717) is 16.2 Å². The van der Waals surface area contributed by atoms with Gasteiger partial charge in [0.25, 0.3) is 0 Å². The SMILES string of the molecule is C[C@H](C(=O)NCc1cc(F)ccc1Br)n1c(-c2cccs2)n[nH]c1=S. The molecule has 2 heterocycles. The van der Waals surface area contributed by atoms with E-state index in [9.17, 15) is 9.18 Å². The number of thiophene rings is 1. The molecular formula is C16H14BrFN4OS2. The molecule has 25 heavy (non-hydrogen) atoms. The van der Waals surface area contributed by atoms with Gasteiger partial charge in [-0.05, 0) is 54.4 Å². The first kappa shape index (κ1) is 18.0. The number of benzene rings is 1. The van der Waals surface area contributed by atoms with E-state index < -0.39 is 6.04 Å². The lowest BCUT2D eigenvalue weighted by Gasteiger charge is -2.15. The number of rotatable bonds is 5. The topological polar surface area (TPSA) is 62.7 Å². The van der Waals surface area contributed by atoms with Gasteiger partial charge in [0.15, 0.2) is 10.6 Å². The standard InChI is InChI=1S/C16H14BrFN4OS2/c1-9(15(23)19-8-10-7-11(18)4-5-12(10)17)22-14(20-21-16(22)24)13-3-2-6-25-13/h2-7,9H,8H2,1H3,(H,19,23)(H,21,24)/t9-/m1/s1. The van der Waals surface area contributed by atoms with Crippen LogP contribution in [0.3, 0.4) is 0 Å². The summed E-state index contributed by atoms with van der Waals surface area (Å²) in [5.41, 5.74) is 0.662. The van der Waals surface area contributed by atoms with Crippen molar-refractivity contribution < 1.29 is 9.18 Å². The third-order valence-corrected chi connectivity index (χ3v) is 5.60. The number of aromatic nitrogens is 3. The Kier molecular flexibility index (Phi) is 5.45. The summed E-state index contributed by atoms with van der Waals surface area (Å²) in [4.78, 5) is 13.5. The highest BCUT2D eigenvalue weighted by Gasteiger charge is 2.21. The van der Waals surface area contributed by atoms with Gasteiger partial charge in [0, 0.05) is 11.0 Å². The van der Waals surface area contributed by atoms with Crippen LogP contribution in [-0.2, 0) is 11.3 Å². The van der Waals surface area contributed by atoms with Crippen molar-refractivity contribution in [1.82, 2.24) is 20.1 Å². The summed E-state index contributed by atoms with van der Waals surface area (Å²) in [6.45, 7) is 1.96. The maximum absolute atomic E-state index is 13.4. The summed E-state index contributed by atoms with van der Waals surface area (Å²) in [5, 5.41) is 11.7. The lowest BCUT2D eigenvalue weighted by Crippen LogP contribution is -2.31. The Balaban J connectivity index is 1.78. The third kappa shape index (κ3) is 3.88. The zero-order chi connectivity index (χ0) is 18.0. The molecule has 0 saturated carbocycles. The van der Waals surface area contributed by atoms with Gasteiger partial charge in [0.2, 0.25) is 5.91 Å². The molecule has 0 aliphatic rings. The summed E-state index contributed by atoms with van der Waals surface area (Å²) in [6.07, 6.45) is 0. The normalized spacial score (nSPS) is 12.1. The number of nitrogens with zero attached hydrogens (tertiary/aromatic N) is 2. The number of H-pyrrole nitrogens is 1. The minimum Gasteiger partial charge on any atom is -0.350 e. The van der Waals surface area contributed by atoms with E-state index in [0.717, 1.165) is 9.35 Å². The average molecular weight is 441 g/mol. The van der Waals surface area contributed by atoms with Gasteiger partial charge in [-0.3, -0.25) is 14.5 Å². The van der Waals surface area contributed by atoms with Crippen molar-refractivity contribution >= 4 is 45.4 Å². The molecule has 0 bridgehead atoms. The Labute approximate surface area is 161 Å². The first-order valence-electron chi connectivity index (χ1n) is 7.40. The Bertz CT molecular complexity index is 951. The molecule has 0 unspecified atom stereocenters. The summed E-state index contributed by atoms with van der Waals surface area (Å²) in [6, 6.07) is 7.62. The Hall–Kier alpha value is -1.84. The molecule has 3 rings (SSSR count). The molecule has 0 aliphatic carbocycles. The molecule has 0 fully saturated rings. The second-order valence-electron chi connectivity index (χ2n) is 5.33. The maximum Gasteiger partial charge on any atom is 0.243 e. The van der Waals surface area contributed by atoms with Crippen molar-refractivity contribution in [2.75, 3.05) is 0 Å². The second kappa shape index (κ2) is 7.59. The van der Waals surface area contributed by atoms with Crippen LogP contribution in [0.25, 0.3) is 10.7 Å². The van der Waals surface area contributed by atoms with Crippen LogP contribution in [-0.4, -0.2) is 20.7 Å². The predicted molar refractivity (Wildman–Crippen MR) is 101 cm³/mol. The number of halogens is 2. The van der Waals surface area contributed by atoms with E-state index in [1.165, 1.54) is 23.5 Å². The van der Waals surface area contributed by atoms with Gasteiger partial charge in [-0.2, -0.15) is 5.10 Å². The molecule has 3 aromatic rings. The van der Waals surface area contributed by atoms with Crippen LogP contribution in [0.2, 0.25) is 0 Å². The van der Waals surface area contributed by atoms with E-state index in [2.05, 4.69) is 31.4 Å². The Morgan fingerprint density at radius 1 is 1.52 bits per heavy atom. The fourth-order valence-electron chi connectivity index (χ4n) is 2.37. The number of nitrogens with one attached hydrogen (secondary N) is 2. The van der Waals surface area contributed by atoms with Gasteiger partial charge in [-0.1, -0.05) is 22.0 Å². The molecule has 1 aromatic carbocycles. The van der Waals surface area contributed by atoms with Gasteiger partial charge < -0.3 is 5.32 Å². The first-order valence-corrected chi connectivity index (χ1v) is 9.48. The molecule has 5 nitrogen and oxygen atoms in total. The van der Waals surface area contributed by atoms with Crippen molar-refractivity contribution in [2.45, 2.75) is 19.5 Å². The molecule has 1 atom stereocenters.